The molecule has 1 rings (SSSR count). The van der Waals surface area contributed by atoms with E-state index in [-0.39, 0.29) is 5.41 Å². The largest absolute Gasteiger partial charge is 0.465 e. The highest BCUT2D eigenvalue weighted by molar-refractivity contribution is 5.83. The van der Waals surface area contributed by atoms with Crippen LogP contribution in [0.15, 0.2) is 18.2 Å². The maximum atomic E-state index is 10.4. The van der Waals surface area contributed by atoms with Gasteiger partial charge in [0, 0.05) is 11.4 Å². The van der Waals surface area contributed by atoms with Crippen molar-refractivity contribution in [3.8, 4) is 0 Å². The molecule has 0 spiro atoms. The van der Waals surface area contributed by atoms with Crippen LogP contribution >= 0.6 is 0 Å². The summed E-state index contributed by atoms with van der Waals surface area (Å²) in [6.45, 7) is 6.18. The van der Waals surface area contributed by atoms with Gasteiger partial charge in [-0.25, -0.2) is 4.79 Å². The van der Waals surface area contributed by atoms with Crippen LogP contribution in [0.5, 0.6) is 0 Å². The van der Waals surface area contributed by atoms with E-state index in [2.05, 4.69) is 26.1 Å². The maximum absolute atomic E-state index is 10.4. The summed E-state index contributed by atoms with van der Waals surface area (Å²) in [5, 5.41) is 10.8. The predicted octanol–water partition coefficient (Wildman–Crippen LogP) is 2.66. The second-order valence-electron chi connectivity index (χ2n) is 4.48. The quantitative estimate of drug-likeness (QED) is 0.621. The second-order valence-corrected chi connectivity index (χ2v) is 4.48. The van der Waals surface area contributed by atoms with Crippen molar-refractivity contribution in [3.63, 3.8) is 0 Å². The van der Waals surface area contributed by atoms with Gasteiger partial charge in [-0.15, -0.1) is 0 Å². The fourth-order valence-electron chi connectivity index (χ4n) is 1.45. The number of anilines is 2. The highest BCUT2D eigenvalue weighted by Gasteiger charge is 2.16. The number of nitrogens with two attached hydrogens (primary N) is 1. The van der Waals surface area contributed by atoms with Crippen LogP contribution in [0.4, 0.5) is 16.2 Å². The number of carbonyl (C=O) groups is 1. The zero-order chi connectivity index (χ0) is 11.6. The Bertz CT molecular complexity index is 381. The highest BCUT2D eigenvalue weighted by Crippen LogP contribution is 2.29. The van der Waals surface area contributed by atoms with Gasteiger partial charge in [-0.1, -0.05) is 26.8 Å². The first kappa shape index (κ1) is 11.4. The summed E-state index contributed by atoms with van der Waals surface area (Å²) in [6, 6.07) is 5.19. The third-order valence-electron chi connectivity index (χ3n) is 2.11. The van der Waals surface area contributed by atoms with Crippen molar-refractivity contribution < 1.29 is 9.90 Å². The molecular weight excluding hydrogens is 192 g/mol. The average Bonchev–Trinajstić information content (AvgIpc) is 1.99. The van der Waals surface area contributed by atoms with Crippen LogP contribution in [0.25, 0.3) is 0 Å². The molecule has 1 aromatic carbocycles. The molecule has 4 nitrogen and oxygen atoms in total. The molecule has 0 unspecified atom stereocenters. The van der Waals surface area contributed by atoms with Crippen molar-refractivity contribution in [2.45, 2.75) is 26.2 Å². The van der Waals surface area contributed by atoms with E-state index >= 15 is 0 Å². The number of benzene rings is 1. The van der Waals surface area contributed by atoms with Gasteiger partial charge < -0.3 is 10.8 Å². The van der Waals surface area contributed by atoms with Crippen molar-refractivity contribution in [1.29, 1.82) is 0 Å². The predicted molar refractivity (Wildman–Crippen MR) is 61.2 cm³/mol. The highest BCUT2D eigenvalue weighted by atomic mass is 16.4. The molecule has 15 heavy (non-hydrogen) atoms. The van der Waals surface area contributed by atoms with Crippen molar-refractivity contribution in [2.24, 2.45) is 0 Å². The normalized spacial score (nSPS) is 11.1. The van der Waals surface area contributed by atoms with Crippen LogP contribution < -0.4 is 11.1 Å². The van der Waals surface area contributed by atoms with Crippen LogP contribution in [0.3, 0.4) is 0 Å². The van der Waals surface area contributed by atoms with Gasteiger partial charge in [-0.05, 0) is 23.1 Å². The van der Waals surface area contributed by atoms with E-state index in [1.165, 1.54) is 0 Å². The fourth-order valence-corrected chi connectivity index (χ4v) is 1.45. The van der Waals surface area contributed by atoms with Gasteiger partial charge >= 0.3 is 6.09 Å². The lowest BCUT2D eigenvalue weighted by Crippen LogP contribution is -2.14. The number of nitrogens with one attached hydrogen (secondary N) is 1. The Balaban J connectivity index is 3.04. The Morgan fingerprint density at radius 3 is 2.40 bits per heavy atom. The monoisotopic (exact) mass is 208 g/mol. The first-order valence-corrected chi connectivity index (χ1v) is 4.70. The van der Waals surface area contributed by atoms with E-state index in [0.29, 0.717) is 11.4 Å². The lowest BCUT2D eigenvalue weighted by molar-refractivity contribution is 0.210. The molecule has 1 aromatic rings. The summed E-state index contributed by atoms with van der Waals surface area (Å²) < 4.78 is 0. The summed E-state index contributed by atoms with van der Waals surface area (Å²) in [6.07, 6.45) is -1.09. The molecule has 0 aliphatic heterocycles. The van der Waals surface area contributed by atoms with E-state index in [0.717, 1.165) is 5.56 Å². The van der Waals surface area contributed by atoms with Crippen LogP contribution in [-0.4, -0.2) is 11.2 Å². The summed E-state index contributed by atoms with van der Waals surface area (Å²) >= 11 is 0. The Labute approximate surface area is 89.1 Å². The van der Waals surface area contributed by atoms with Crippen LogP contribution in [-0.2, 0) is 5.41 Å². The standard InChI is InChI=1S/C11H16N2O2/c1-11(2,3)8-5-4-7(6-9(8)12)13-10(14)15/h4-6,13H,12H2,1-3H3,(H,14,15). The Morgan fingerprint density at radius 2 is 2.00 bits per heavy atom. The van der Waals surface area contributed by atoms with Gasteiger partial charge in [0.15, 0.2) is 0 Å². The van der Waals surface area contributed by atoms with E-state index in [9.17, 15) is 4.79 Å². The van der Waals surface area contributed by atoms with Crippen molar-refractivity contribution >= 4 is 17.5 Å². The third-order valence-corrected chi connectivity index (χ3v) is 2.11. The molecule has 1 amide bonds. The molecule has 0 fully saturated rings. The molecular formula is C11H16N2O2. The summed E-state index contributed by atoms with van der Waals surface area (Å²) in [7, 11) is 0. The van der Waals surface area contributed by atoms with Crippen molar-refractivity contribution in [1.82, 2.24) is 0 Å². The molecule has 0 heterocycles. The summed E-state index contributed by atoms with van der Waals surface area (Å²) in [5.41, 5.74) is 7.93. The molecule has 4 heteroatoms. The van der Waals surface area contributed by atoms with Gasteiger partial charge in [-0.2, -0.15) is 0 Å². The third kappa shape index (κ3) is 2.87. The molecule has 0 bridgehead atoms. The van der Waals surface area contributed by atoms with E-state index < -0.39 is 6.09 Å². The zero-order valence-electron chi connectivity index (χ0n) is 9.16. The van der Waals surface area contributed by atoms with Gasteiger partial charge in [0.2, 0.25) is 0 Å². The van der Waals surface area contributed by atoms with Crippen molar-refractivity contribution in [3.05, 3.63) is 23.8 Å². The average molecular weight is 208 g/mol. The number of hydrogen-bond donors (Lipinski definition) is 3. The molecule has 4 N–H and O–H groups in total. The Kier molecular flexibility index (Phi) is 2.88. The molecule has 0 saturated heterocycles. The van der Waals surface area contributed by atoms with Crippen LogP contribution in [0, 0.1) is 0 Å². The van der Waals surface area contributed by atoms with Crippen LogP contribution in [0.2, 0.25) is 0 Å². The topological polar surface area (TPSA) is 75.3 Å². The zero-order valence-corrected chi connectivity index (χ0v) is 9.16. The number of nitrogen functional groups attached to an aromatic ring is 1. The fraction of sp³-hybridized carbons (Fsp3) is 0.364. The van der Waals surface area contributed by atoms with Gasteiger partial charge in [0.05, 0.1) is 0 Å². The number of amides is 1. The minimum atomic E-state index is -1.09. The molecule has 0 saturated carbocycles. The van der Waals surface area contributed by atoms with Gasteiger partial charge in [0.25, 0.3) is 0 Å². The molecule has 82 valence electrons. The molecule has 0 aromatic heterocycles. The summed E-state index contributed by atoms with van der Waals surface area (Å²) in [4.78, 5) is 10.4. The van der Waals surface area contributed by atoms with Crippen LogP contribution in [0.1, 0.15) is 26.3 Å². The maximum Gasteiger partial charge on any atom is 0.409 e. The minimum absolute atomic E-state index is 0.0359. The first-order chi connectivity index (χ1) is 6.80. The number of carboxylic acid groups (broad SMARTS) is 1. The van der Waals surface area contributed by atoms with Gasteiger partial charge in [0.1, 0.15) is 0 Å². The van der Waals surface area contributed by atoms with Gasteiger partial charge in [-0.3, -0.25) is 5.32 Å². The Hall–Kier alpha value is -1.71. The Morgan fingerprint density at radius 1 is 1.40 bits per heavy atom. The smallest absolute Gasteiger partial charge is 0.409 e. The minimum Gasteiger partial charge on any atom is -0.465 e. The summed E-state index contributed by atoms with van der Waals surface area (Å²) in [5.74, 6) is 0. The molecule has 0 aliphatic carbocycles. The molecule has 0 radical (unpaired) electrons. The first-order valence-electron chi connectivity index (χ1n) is 4.70. The number of rotatable bonds is 1. The molecule has 0 aliphatic rings. The van der Waals surface area contributed by atoms with E-state index in [1.807, 2.05) is 6.07 Å². The number of hydrogen-bond acceptors (Lipinski definition) is 2. The lowest BCUT2D eigenvalue weighted by Gasteiger charge is -2.21. The second kappa shape index (κ2) is 3.81. The van der Waals surface area contributed by atoms with Crippen molar-refractivity contribution in [2.75, 3.05) is 11.1 Å². The SMILES string of the molecule is CC(C)(C)c1ccc(NC(=O)O)cc1N. The van der Waals surface area contributed by atoms with E-state index in [1.54, 1.807) is 12.1 Å². The lowest BCUT2D eigenvalue weighted by atomic mass is 9.86. The van der Waals surface area contributed by atoms with E-state index in [4.69, 9.17) is 10.8 Å². The molecule has 0 atom stereocenters.